The summed E-state index contributed by atoms with van der Waals surface area (Å²) in [6, 6.07) is 47.1. The van der Waals surface area contributed by atoms with E-state index < -0.39 is 40.6 Å². The van der Waals surface area contributed by atoms with E-state index >= 15 is 0 Å². The van der Waals surface area contributed by atoms with Crippen molar-refractivity contribution in [3.05, 3.63) is 152 Å². The van der Waals surface area contributed by atoms with Gasteiger partial charge in [-0.3, -0.25) is 0 Å². The van der Waals surface area contributed by atoms with Gasteiger partial charge in [-0.1, -0.05) is 0 Å². The standard InChI is InChI=1S/C34H36N3O6P3/c1-27-35-44(40-29-19-9-3-10-20-29)33(34(44)39-28-17-7-2-8-18-28)36-46(38,43-32-25-15-6-16-26-32)37-45(27,41-30-21-11-4-12-22-30)42-31-23-13-5-14-24-31/h2-27,33-34,36-38,45-46H,1H3. The predicted octanol–water partition coefficient (Wildman–Crippen LogP) is 8.60. The molecular formula is C34H36N3O6P3. The summed E-state index contributed by atoms with van der Waals surface area (Å²) in [6.45, 7) is 1.94. The van der Waals surface area contributed by atoms with E-state index in [4.69, 9.17) is 27.6 Å². The van der Waals surface area contributed by atoms with E-state index in [1.807, 2.05) is 146 Å². The number of hydrogen-bond donors (Lipinski definition) is 3. The third-order valence-electron chi connectivity index (χ3n) is 7.56. The fourth-order valence-corrected chi connectivity index (χ4v) is 16.8. The van der Waals surface area contributed by atoms with Crippen molar-refractivity contribution < 1.29 is 27.7 Å². The van der Waals surface area contributed by atoms with Crippen LogP contribution >= 0.6 is 23.2 Å². The molecule has 2 heterocycles. The van der Waals surface area contributed by atoms with E-state index in [-0.39, 0.29) is 0 Å². The average Bonchev–Trinajstić information content (AvgIpc) is 3.62. The van der Waals surface area contributed by atoms with Crippen LogP contribution in [0.1, 0.15) is 6.92 Å². The maximum absolute atomic E-state index is 12.6. The van der Waals surface area contributed by atoms with Gasteiger partial charge in [-0.15, -0.1) is 0 Å². The van der Waals surface area contributed by atoms with E-state index in [0.29, 0.717) is 28.7 Å². The summed E-state index contributed by atoms with van der Waals surface area (Å²) in [7, 11) is -10.9. The molecule has 5 aromatic rings. The van der Waals surface area contributed by atoms with Crippen molar-refractivity contribution in [3.63, 3.8) is 0 Å². The fraction of sp³-hybridized carbons (Fsp3) is 0.118. The van der Waals surface area contributed by atoms with Gasteiger partial charge in [-0.25, -0.2) is 0 Å². The van der Waals surface area contributed by atoms with Gasteiger partial charge in [0.1, 0.15) is 0 Å². The second-order valence-electron chi connectivity index (χ2n) is 11.0. The van der Waals surface area contributed by atoms with Gasteiger partial charge in [-0.2, -0.15) is 0 Å². The van der Waals surface area contributed by atoms with E-state index in [0.717, 1.165) is 0 Å². The molecule has 0 radical (unpaired) electrons. The molecule has 4 unspecified atom stereocenters. The van der Waals surface area contributed by atoms with Crippen LogP contribution in [0.3, 0.4) is 0 Å². The quantitative estimate of drug-likeness (QED) is 0.127. The number of para-hydroxylation sites is 5. The number of benzene rings is 5. The van der Waals surface area contributed by atoms with Crippen LogP contribution in [0.25, 0.3) is 0 Å². The Labute approximate surface area is 269 Å². The minimum absolute atomic E-state index is 0.483. The Morgan fingerprint density at radius 1 is 0.587 bits per heavy atom. The first-order valence-electron chi connectivity index (χ1n) is 15.0. The van der Waals surface area contributed by atoms with Crippen LogP contribution in [0.15, 0.2) is 156 Å². The average molecular weight is 676 g/mol. The Balaban J connectivity index is 1.40. The van der Waals surface area contributed by atoms with Crippen LogP contribution in [-0.2, 0) is 0 Å². The van der Waals surface area contributed by atoms with Crippen LogP contribution in [0, 0.1) is 0 Å². The van der Waals surface area contributed by atoms with Crippen LogP contribution in [0.4, 0.5) is 0 Å². The number of nitrogens with zero attached hydrogens (tertiary/aromatic N) is 1. The van der Waals surface area contributed by atoms with Gasteiger partial charge in [0, 0.05) is 0 Å². The zero-order valence-corrected chi connectivity index (χ0v) is 27.9. The molecule has 0 saturated carbocycles. The molecule has 0 spiro atoms. The van der Waals surface area contributed by atoms with Crippen molar-refractivity contribution >= 4 is 23.2 Å². The zero-order valence-electron chi connectivity index (χ0n) is 25.0. The molecule has 0 aromatic heterocycles. The van der Waals surface area contributed by atoms with Gasteiger partial charge < -0.3 is 0 Å². The summed E-state index contributed by atoms with van der Waals surface area (Å²) in [4.78, 5) is 16.1. The Kier molecular flexibility index (Phi) is 8.72. The Morgan fingerprint density at radius 3 is 1.48 bits per heavy atom. The summed E-state index contributed by atoms with van der Waals surface area (Å²) >= 11 is 0. The summed E-state index contributed by atoms with van der Waals surface area (Å²) in [5.41, 5.74) is 0. The van der Waals surface area contributed by atoms with Gasteiger partial charge in [-0.05, 0) is 0 Å². The van der Waals surface area contributed by atoms with E-state index in [1.54, 1.807) is 12.1 Å². The minimum atomic E-state index is -4.17. The number of hydrogen-bond acceptors (Lipinski definition) is 9. The van der Waals surface area contributed by atoms with E-state index in [9.17, 15) is 4.89 Å². The van der Waals surface area contributed by atoms with Gasteiger partial charge in [0.25, 0.3) is 0 Å². The molecule has 5 aromatic carbocycles. The summed E-state index contributed by atoms with van der Waals surface area (Å²) in [5.74, 6) is 1.33. The van der Waals surface area contributed by atoms with Gasteiger partial charge in [0.15, 0.2) is 0 Å². The zero-order chi connectivity index (χ0) is 31.5. The third kappa shape index (κ3) is 6.63. The first-order valence-corrected chi connectivity index (χ1v) is 20.6. The Hall–Kier alpha value is -3.93. The van der Waals surface area contributed by atoms with Gasteiger partial charge in [0.2, 0.25) is 0 Å². The van der Waals surface area contributed by atoms with Crippen molar-refractivity contribution in [1.82, 2.24) is 9.95 Å². The molecule has 1 fully saturated rings. The monoisotopic (exact) mass is 675 g/mol. The summed E-state index contributed by atoms with van der Waals surface area (Å²) in [6.07, 6.45) is 0. The SMILES string of the molecule is CC1N=P2(Oc3ccccc3)C(N[PH](O)(Oc3ccccc3)N[PH]1(Oc1ccccc1)Oc1ccccc1)C2Oc1ccccc1. The van der Waals surface area contributed by atoms with E-state index in [1.165, 1.54) is 0 Å². The molecule has 3 N–H and O–H groups in total. The normalized spacial score (nSPS) is 25.5. The van der Waals surface area contributed by atoms with E-state index in [2.05, 4.69) is 9.95 Å². The molecule has 1 saturated heterocycles. The molecule has 4 atom stereocenters. The summed E-state index contributed by atoms with van der Waals surface area (Å²) in [5, 5.41) is 3.44. The molecule has 0 bridgehead atoms. The van der Waals surface area contributed by atoms with Crippen molar-refractivity contribution in [2.45, 2.75) is 24.3 Å². The molecular weight excluding hydrogens is 639 g/mol. The summed E-state index contributed by atoms with van der Waals surface area (Å²) < 4.78 is 39.0. The van der Waals surface area contributed by atoms with Crippen molar-refractivity contribution in [1.29, 1.82) is 0 Å². The number of ether oxygens (including phenoxy) is 1. The van der Waals surface area contributed by atoms with Crippen molar-refractivity contribution in [3.8, 4) is 28.7 Å². The van der Waals surface area contributed by atoms with Crippen LogP contribution in [-0.4, -0.2) is 22.3 Å². The number of fused-ring (bicyclic) bond motifs is 1. The van der Waals surface area contributed by atoms with Crippen molar-refractivity contribution in [2.75, 3.05) is 0 Å². The van der Waals surface area contributed by atoms with Crippen LogP contribution < -0.4 is 32.8 Å². The Bertz CT molecular complexity index is 1750. The van der Waals surface area contributed by atoms with Crippen LogP contribution in [0.5, 0.6) is 28.7 Å². The molecule has 46 heavy (non-hydrogen) atoms. The topological polar surface area (TPSA) is 103 Å². The number of nitrogens with one attached hydrogen (secondary N) is 2. The second-order valence-corrected chi connectivity index (χ2v) is 19.1. The molecule has 2 aliphatic heterocycles. The molecule has 7 rings (SSSR count). The first-order chi connectivity index (χ1) is 22.5. The molecule has 0 aliphatic carbocycles. The molecule has 9 nitrogen and oxygen atoms in total. The number of rotatable bonds is 10. The molecule has 238 valence electrons. The fourth-order valence-electron chi connectivity index (χ4n) is 5.35. The van der Waals surface area contributed by atoms with Gasteiger partial charge >= 0.3 is 270 Å². The molecule has 2 aliphatic rings. The predicted molar refractivity (Wildman–Crippen MR) is 187 cm³/mol. The van der Waals surface area contributed by atoms with Gasteiger partial charge in [0.05, 0.1) is 0 Å². The second kappa shape index (κ2) is 13.1. The van der Waals surface area contributed by atoms with Crippen molar-refractivity contribution in [2.24, 2.45) is 4.74 Å². The molecule has 0 amide bonds. The van der Waals surface area contributed by atoms with Crippen LogP contribution in [0.2, 0.25) is 0 Å². The third-order valence-corrected chi connectivity index (χ3v) is 17.5. The first kappa shape index (κ1) is 30.7. The Morgan fingerprint density at radius 2 is 1.00 bits per heavy atom. The molecule has 12 heteroatoms. The maximum atomic E-state index is 12.6.